The summed E-state index contributed by atoms with van der Waals surface area (Å²) in [5.74, 6) is -0.335. The predicted octanol–water partition coefficient (Wildman–Crippen LogP) is 2.18. The molecule has 0 unspecified atom stereocenters. The zero-order valence-electron chi connectivity index (χ0n) is 23.6. The standard InChI is InChI=1S/C30H44N2O8/c1-3-4-5-6-7-10-25(35)32(17-20-9-8-13-39-20)23-16-22(30(37)31-11-12-33)26-21-14-19(18-34)15-24(38-2)28(21)40-29(26)27(23)36/h14-16,20,23,26-27,29,33-34,36H,3-13,17-18H2,1-2H3,(H,31,37)/t20-,23-,26+,27+,29+/m1/s1. The average Bonchev–Trinajstić information content (AvgIpc) is 3.62. The highest BCUT2D eigenvalue weighted by molar-refractivity contribution is 5.96. The van der Waals surface area contributed by atoms with Crippen molar-refractivity contribution in [3.63, 3.8) is 0 Å². The third kappa shape index (κ3) is 6.62. The minimum atomic E-state index is -1.13. The molecule has 1 fully saturated rings. The summed E-state index contributed by atoms with van der Waals surface area (Å²) >= 11 is 0. The first-order valence-electron chi connectivity index (χ1n) is 14.6. The van der Waals surface area contributed by atoms with E-state index in [1.54, 1.807) is 23.1 Å². The lowest BCUT2D eigenvalue weighted by Gasteiger charge is -2.41. The van der Waals surface area contributed by atoms with Crippen molar-refractivity contribution in [3.8, 4) is 11.5 Å². The fourth-order valence-corrected chi connectivity index (χ4v) is 6.04. The molecule has 0 aromatic heterocycles. The number of unbranched alkanes of at least 4 members (excludes halogenated alkanes) is 4. The lowest BCUT2D eigenvalue weighted by atomic mass is 9.77. The average molecular weight is 561 g/mol. The summed E-state index contributed by atoms with van der Waals surface area (Å²) in [6.45, 7) is 2.71. The Morgan fingerprint density at radius 3 is 2.65 bits per heavy atom. The molecule has 222 valence electrons. The molecule has 1 saturated heterocycles. The molecule has 2 heterocycles. The Kier molecular flexibility index (Phi) is 10.8. The number of methoxy groups -OCH3 is 1. The molecular formula is C30H44N2O8. The van der Waals surface area contributed by atoms with Crippen LogP contribution in [-0.4, -0.2) is 89.8 Å². The summed E-state index contributed by atoms with van der Waals surface area (Å²) in [5, 5.41) is 33.6. The van der Waals surface area contributed by atoms with E-state index < -0.39 is 30.1 Å². The number of hydrogen-bond acceptors (Lipinski definition) is 8. The SMILES string of the molecule is CCCCCCCC(=O)N(C[C@H]1CCCO1)[C@@H]1C=C(C(=O)NCCO)[C@@H]2c3cc(CO)cc(OC)c3O[C@@H]2[C@H]1O. The van der Waals surface area contributed by atoms with Crippen LogP contribution in [0, 0.1) is 0 Å². The summed E-state index contributed by atoms with van der Waals surface area (Å²) in [6.07, 6.45) is 6.69. The van der Waals surface area contributed by atoms with Crippen molar-refractivity contribution < 1.29 is 39.1 Å². The topological polar surface area (TPSA) is 138 Å². The fraction of sp³-hybridized carbons (Fsp3) is 0.667. The van der Waals surface area contributed by atoms with Crippen molar-refractivity contribution in [1.82, 2.24) is 10.2 Å². The number of nitrogens with one attached hydrogen (secondary N) is 1. The summed E-state index contributed by atoms with van der Waals surface area (Å²) < 4.78 is 17.7. The van der Waals surface area contributed by atoms with Gasteiger partial charge in [0.15, 0.2) is 11.5 Å². The molecule has 1 aromatic carbocycles. The molecule has 40 heavy (non-hydrogen) atoms. The molecule has 4 N–H and O–H groups in total. The highest BCUT2D eigenvalue weighted by Gasteiger charge is 2.51. The van der Waals surface area contributed by atoms with Crippen molar-refractivity contribution in [3.05, 3.63) is 34.9 Å². The van der Waals surface area contributed by atoms with E-state index in [9.17, 15) is 24.9 Å². The smallest absolute Gasteiger partial charge is 0.247 e. The minimum Gasteiger partial charge on any atom is -0.493 e. The van der Waals surface area contributed by atoms with E-state index in [1.165, 1.54) is 7.11 Å². The Labute approximate surface area is 236 Å². The molecule has 1 aromatic rings. The largest absolute Gasteiger partial charge is 0.493 e. The zero-order valence-corrected chi connectivity index (χ0v) is 23.6. The van der Waals surface area contributed by atoms with Crippen LogP contribution in [0.4, 0.5) is 0 Å². The number of nitrogens with zero attached hydrogens (tertiary/aromatic N) is 1. The van der Waals surface area contributed by atoms with Gasteiger partial charge in [-0.2, -0.15) is 0 Å². The number of aliphatic hydroxyl groups excluding tert-OH is 3. The summed E-state index contributed by atoms with van der Waals surface area (Å²) in [6, 6.07) is 2.62. The van der Waals surface area contributed by atoms with Crippen molar-refractivity contribution in [2.75, 3.05) is 33.4 Å². The maximum Gasteiger partial charge on any atom is 0.247 e. The van der Waals surface area contributed by atoms with E-state index >= 15 is 0 Å². The molecule has 0 bridgehead atoms. The molecule has 0 radical (unpaired) electrons. The van der Waals surface area contributed by atoms with E-state index in [-0.39, 0.29) is 31.8 Å². The van der Waals surface area contributed by atoms with Crippen molar-refractivity contribution >= 4 is 11.8 Å². The van der Waals surface area contributed by atoms with Gasteiger partial charge in [0.25, 0.3) is 0 Å². The summed E-state index contributed by atoms with van der Waals surface area (Å²) in [7, 11) is 1.49. The first kappa shape index (κ1) is 30.3. The molecule has 5 atom stereocenters. The van der Waals surface area contributed by atoms with E-state index in [1.807, 2.05) is 0 Å². The van der Waals surface area contributed by atoms with Gasteiger partial charge >= 0.3 is 0 Å². The Balaban J connectivity index is 1.70. The minimum absolute atomic E-state index is 0.0603. The van der Waals surface area contributed by atoms with Gasteiger partial charge in [-0.1, -0.05) is 32.6 Å². The summed E-state index contributed by atoms with van der Waals surface area (Å²) in [5.41, 5.74) is 1.56. The van der Waals surface area contributed by atoms with Gasteiger partial charge in [-0.05, 0) is 43.0 Å². The van der Waals surface area contributed by atoms with Gasteiger partial charge < -0.3 is 39.7 Å². The molecule has 2 amide bonds. The fourth-order valence-electron chi connectivity index (χ4n) is 6.04. The Morgan fingerprint density at radius 1 is 1.18 bits per heavy atom. The quantitative estimate of drug-likeness (QED) is 0.254. The number of rotatable bonds is 14. The first-order chi connectivity index (χ1) is 19.4. The van der Waals surface area contributed by atoms with E-state index in [2.05, 4.69) is 12.2 Å². The van der Waals surface area contributed by atoms with Gasteiger partial charge in [0.1, 0.15) is 12.2 Å². The van der Waals surface area contributed by atoms with Crippen LogP contribution in [0.15, 0.2) is 23.8 Å². The molecule has 0 saturated carbocycles. The van der Waals surface area contributed by atoms with Crippen molar-refractivity contribution in [2.24, 2.45) is 0 Å². The van der Waals surface area contributed by atoms with Crippen LogP contribution in [0.5, 0.6) is 11.5 Å². The molecular weight excluding hydrogens is 516 g/mol. The second kappa shape index (κ2) is 14.3. The Bertz CT molecular complexity index is 1050. The molecule has 2 aliphatic heterocycles. The van der Waals surface area contributed by atoms with Crippen molar-refractivity contribution in [1.29, 1.82) is 0 Å². The molecule has 10 heteroatoms. The van der Waals surface area contributed by atoms with Crippen LogP contribution < -0.4 is 14.8 Å². The van der Waals surface area contributed by atoms with Crippen LogP contribution in [-0.2, 0) is 20.9 Å². The van der Waals surface area contributed by atoms with Gasteiger partial charge in [-0.15, -0.1) is 0 Å². The van der Waals surface area contributed by atoms with E-state index in [0.29, 0.717) is 47.8 Å². The number of fused-ring (bicyclic) bond motifs is 3. The third-order valence-corrected chi connectivity index (χ3v) is 8.09. The summed E-state index contributed by atoms with van der Waals surface area (Å²) in [4.78, 5) is 28.8. The Hall–Kier alpha value is -2.66. The maximum atomic E-state index is 13.7. The van der Waals surface area contributed by atoms with Crippen LogP contribution >= 0.6 is 0 Å². The number of carbonyl (C=O) groups excluding carboxylic acids is 2. The number of amides is 2. The number of aliphatic hydroxyl groups is 3. The van der Waals surface area contributed by atoms with Gasteiger partial charge in [0, 0.05) is 37.3 Å². The molecule has 1 aliphatic carbocycles. The predicted molar refractivity (Wildman–Crippen MR) is 148 cm³/mol. The number of carbonyl (C=O) groups is 2. The highest BCUT2D eigenvalue weighted by atomic mass is 16.5. The van der Waals surface area contributed by atoms with Gasteiger partial charge in [0.05, 0.1) is 38.4 Å². The number of hydrogen-bond donors (Lipinski definition) is 4. The van der Waals surface area contributed by atoms with Crippen LogP contribution in [0.3, 0.4) is 0 Å². The van der Waals surface area contributed by atoms with E-state index in [0.717, 1.165) is 44.9 Å². The van der Waals surface area contributed by atoms with Gasteiger partial charge in [-0.25, -0.2) is 0 Å². The highest BCUT2D eigenvalue weighted by Crippen LogP contribution is 2.51. The lowest BCUT2D eigenvalue weighted by molar-refractivity contribution is -0.139. The maximum absolute atomic E-state index is 13.7. The van der Waals surface area contributed by atoms with Gasteiger partial charge in [-0.3, -0.25) is 9.59 Å². The van der Waals surface area contributed by atoms with Crippen LogP contribution in [0.1, 0.15) is 75.3 Å². The molecule has 4 rings (SSSR count). The van der Waals surface area contributed by atoms with Gasteiger partial charge in [0.2, 0.25) is 11.8 Å². The van der Waals surface area contributed by atoms with E-state index in [4.69, 9.17) is 14.2 Å². The molecule has 10 nitrogen and oxygen atoms in total. The third-order valence-electron chi connectivity index (χ3n) is 8.09. The Morgan fingerprint density at radius 2 is 1.98 bits per heavy atom. The first-order valence-corrected chi connectivity index (χ1v) is 14.6. The lowest BCUT2D eigenvalue weighted by Crippen LogP contribution is -2.57. The van der Waals surface area contributed by atoms with Crippen molar-refractivity contribution in [2.45, 2.75) is 95.2 Å². The zero-order chi connectivity index (χ0) is 28.6. The number of ether oxygens (including phenoxy) is 3. The number of benzene rings is 1. The second-order valence-electron chi connectivity index (χ2n) is 10.9. The molecule has 3 aliphatic rings. The second-order valence-corrected chi connectivity index (χ2v) is 10.9. The monoisotopic (exact) mass is 560 g/mol. The van der Waals surface area contributed by atoms with Crippen LogP contribution in [0.2, 0.25) is 0 Å². The van der Waals surface area contributed by atoms with Crippen LogP contribution in [0.25, 0.3) is 0 Å². The molecule has 0 spiro atoms. The normalized spacial score (nSPS) is 25.0.